The lowest BCUT2D eigenvalue weighted by Gasteiger charge is -2.07. The highest BCUT2D eigenvalue weighted by molar-refractivity contribution is 6.21. The van der Waals surface area contributed by atoms with Crippen molar-refractivity contribution in [3.63, 3.8) is 0 Å². The van der Waals surface area contributed by atoms with Crippen LogP contribution in [-0.4, -0.2) is 27.1 Å². The van der Waals surface area contributed by atoms with Gasteiger partial charge in [-0.25, -0.2) is 14.6 Å². The summed E-state index contributed by atoms with van der Waals surface area (Å²) in [4.78, 5) is 31.3. The molecule has 0 fully saturated rings. The molecule has 2 heterocycles. The number of carbonyl (C=O) groups excluding carboxylic acids is 1. The molecule has 0 aliphatic heterocycles. The summed E-state index contributed by atoms with van der Waals surface area (Å²) < 4.78 is 0. The zero-order valence-electron chi connectivity index (χ0n) is 15.8. The zero-order valence-corrected chi connectivity index (χ0v) is 15.8. The molecule has 4 aromatic rings. The summed E-state index contributed by atoms with van der Waals surface area (Å²) in [5, 5.41) is 15.8. The lowest BCUT2D eigenvalue weighted by molar-refractivity contribution is -0.130. The lowest BCUT2D eigenvalue weighted by Crippen LogP contribution is -2.19. The van der Waals surface area contributed by atoms with Crippen molar-refractivity contribution in [1.82, 2.24) is 9.97 Å². The van der Waals surface area contributed by atoms with Crippen LogP contribution >= 0.6 is 0 Å². The molecule has 0 bridgehead atoms. The van der Waals surface area contributed by atoms with Gasteiger partial charge in [0.1, 0.15) is 11.5 Å². The number of hydrogen-bond acceptors (Lipinski definition) is 3. The Morgan fingerprint density at radius 1 is 0.900 bits per heavy atom. The van der Waals surface area contributed by atoms with Crippen LogP contribution in [0, 0.1) is 0 Å². The third-order valence-electron chi connectivity index (χ3n) is 4.46. The van der Waals surface area contributed by atoms with E-state index >= 15 is 0 Å². The Morgan fingerprint density at radius 2 is 1.60 bits per heavy atom. The highest BCUT2D eigenvalue weighted by Crippen LogP contribution is 2.25. The van der Waals surface area contributed by atoms with E-state index in [0.29, 0.717) is 28.3 Å². The summed E-state index contributed by atoms with van der Waals surface area (Å²) in [5.74, 6) is -0.644. The largest absolute Gasteiger partial charge is 0.478 e. The number of para-hydroxylation sites is 1. The van der Waals surface area contributed by atoms with Gasteiger partial charge in [0, 0.05) is 22.8 Å². The maximum atomic E-state index is 12.2. The number of urea groups is 1. The predicted molar refractivity (Wildman–Crippen MR) is 117 cm³/mol. The molecule has 0 aliphatic rings. The average Bonchev–Trinajstić information content (AvgIpc) is 3.15. The highest BCUT2D eigenvalue weighted by atomic mass is 16.4. The molecule has 0 saturated carbocycles. The molecule has 148 valence electrons. The summed E-state index contributed by atoms with van der Waals surface area (Å²) in [6, 6.07) is 21.1. The Labute approximate surface area is 172 Å². The van der Waals surface area contributed by atoms with E-state index in [4.69, 9.17) is 0 Å². The van der Waals surface area contributed by atoms with Crippen molar-refractivity contribution in [3.8, 4) is 0 Å². The van der Waals surface area contributed by atoms with Crippen LogP contribution in [-0.2, 0) is 4.79 Å². The van der Waals surface area contributed by atoms with Crippen LogP contribution in [0.5, 0.6) is 0 Å². The van der Waals surface area contributed by atoms with E-state index in [2.05, 4.69) is 20.6 Å². The second-order valence-corrected chi connectivity index (χ2v) is 6.51. The van der Waals surface area contributed by atoms with Gasteiger partial charge in [-0.1, -0.05) is 48.5 Å². The summed E-state index contributed by atoms with van der Waals surface area (Å²) in [6.45, 7) is 0. The number of carbonyl (C=O) groups is 2. The van der Waals surface area contributed by atoms with Crippen LogP contribution in [0.25, 0.3) is 22.7 Å². The van der Waals surface area contributed by atoms with E-state index in [1.807, 2.05) is 24.3 Å². The maximum Gasteiger partial charge on any atom is 0.336 e. The van der Waals surface area contributed by atoms with E-state index in [9.17, 15) is 14.7 Å². The van der Waals surface area contributed by atoms with Gasteiger partial charge in [0.15, 0.2) is 0 Å². The van der Waals surface area contributed by atoms with Crippen molar-refractivity contribution in [1.29, 1.82) is 0 Å². The minimum atomic E-state index is -1.01. The number of H-pyrrole nitrogens is 1. The maximum absolute atomic E-state index is 12.2. The summed E-state index contributed by atoms with van der Waals surface area (Å²) in [5.41, 5.74) is 2.70. The first-order valence-corrected chi connectivity index (χ1v) is 9.22. The first-order valence-electron chi connectivity index (χ1n) is 9.22. The number of aromatic nitrogens is 2. The van der Waals surface area contributed by atoms with Gasteiger partial charge >= 0.3 is 12.0 Å². The van der Waals surface area contributed by atoms with Crippen molar-refractivity contribution in [2.45, 2.75) is 0 Å². The second kappa shape index (κ2) is 8.32. The van der Waals surface area contributed by atoms with Crippen LogP contribution in [0.1, 0.15) is 11.1 Å². The Morgan fingerprint density at radius 3 is 2.30 bits per heavy atom. The molecular weight excluding hydrogens is 380 g/mol. The van der Waals surface area contributed by atoms with Crippen molar-refractivity contribution >= 4 is 46.2 Å². The molecule has 7 heteroatoms. The fourth-order valence-corrected chi connectivity index (χ4v) is 3.06. The molecule has 0 aliphatic carbocycles. The predicted octanol–water partition coefficient (Wildman–Crippen LogP) is 4.83. The quantitative estimate of drug-likeness (QED) is 0.361. The minimum absolute atomic E-state index is 0.181. The Hall–Kier alpha value is -4.39. The molecule has 2 aromatic heterocycles. The van der Waals surface area contributed by atoms with Crippen LogP contribution in [0.15, 0.2) is 79.0 Å². The zero-order chi connectivity index (χ0) is 20.9. The molecule has 2 amide bonds. The highest BCUT2D eigenvalue weighted by Gasteiger charge is 2.13. The Bertz CT molecular complexity index is 1230. The molecule has 7 nitrogen and oxygen atoms in total. The van der Waals surface area contributed by atoms with Gasteiger partial charge in [-0.3, -0.25) is 5.32 Å². The number of pyridine rings is 1. The first-order chi connectivity index (χ1) is 14.6. The number of nitrogens with one attached hydrogen (secondary N) is 3. The van der Waals surface area contributed by atoms with Gasteiger partial charge < -0.3 is 15.4 Å². The smallest absolute Gasteiger partial charge is 0.336 e. The van der Waals surface area contributed by atoms with E-state index < -0.39 is 12.0 Å². The third kappa shape index (κ3) is 4.20. The number of amides is 2. The number of hydrogen-bond donors (Lipinski definition) is 4. The van der Waals surface area contributed by atoms with Gasteiger partial charge in [-0.2, -0.15) is 0 Å². The van der Waals surface area contributed by atoms with Crippen molar-refractivity contribution in [3.05, 3.63) is 90.1 Å². The summed E-state index contributed by atoms with van der Waals surface area (Å²) in [7, 11) is 0. The van der Waals surface area contributed by atoms with Gasteiger partial charge in [0.25, 0.3) is 0 Å². The van der Waals surface area contributed by atoms with Crippen LogP contribution in [0.3, 0.4) is 0 Å². The minimum Gasteiger partial charge on any atom is -0.478 e. The average molecular weight is 398 g/mol. The molecule has 0 radical (unpaired) electrons. The lowest BCUT2D eigenvalue weighted by atomic mass is 10.0. The molecular formula is C23H18N4O3. The normalized spacial score (nSPS) is 11.3. The molecule has 4 N–H and O–H groups in total. The molecule has 2 aromatic carbocycles. The number of aliphatic carboxylic acids is 1. The van der Waals surface area contributed by atoms with Crippen LogP contribution in [0.4, 0.5) is 16.3 Å². The van der Waals surface area contributed by atoms with Gasteiger partial charge in [0.2, 0.25) is 0 Å². The van der Waals surface area contributed by atoms with Gasteiger partial charge in [-0.15, -0.1) is 0 Å². The van der Waals surface area contributed by atoms with Crippen LogP contribution < -0.4 is 10.6 Å². The summed E-state index contributed by atoms with van der Waals surface area (Å²) >= 11 is 0. The third-order valence-corrected chi connectivity index (χ3v) is 4.46. The van der Waals surface area contributed by atoms with E-state index in [1.165, 1.54) is 0 Å². The molecule has 0 atom stereocenters. The molecule has 4 rings (SSSR count). The topological polar surface area (TPSA) is 107 Å². The van der Waals surface area contributed by atoms with Crippen molar-refractivity contribution in [2.24, 2.45) is 0 Å². The number of aromatic amines is 1. The van der Waals surface area contributed by atoms with Gasteiger partial charge in [-0.05, 0) is 35.9 Å². The molecule has 0 saturated heterocycles. The fourth-order valence-electron chi connectivity index (χ4n) is 3.06. The number of nitrogens with zero attached hydrogens (tertiary/aromatic N) is 1. The molecule has 30 heavy (non-hydrogen) atoms. The number of benzene rings is 2. The number of rotatable bonds is 5. The first kappa shape index (κ1) is 18.9. The number of anilines is 2. The van der Waals surface area contributed by atoms with Crippen molar-refractivity contribution in [2.75, 3.05) is 10.6 Å². The molecule has 0 unspecified atom stereocenters. The van der Waals surface area contributed by atoms with Gasteiger partial charge in [0.05, 0.1) is 5.57 Å². The number of fused-ring (bicyclic) bond motifs is 1. The number of carboxylic acids is 1. The molecule has 0 spiro atoms. The second-order valence-electron chi connectivity index (χ2n) is 6.51. The van der Waals surface area contributed by atoms with Crippen molar-refractivity contribution < 1.29 is 14.7 Å². The fraction of sp³-hybridized carbons (Fsp3) is 0. The summed E-state index contributed by atoms with van der Waals surface area (Å²) in [6.07, 6.45) is 3.30. The Balaban J connectivity index is 1.58. The van der Waals surface area contributed by atoms with E-state index in [1.54, 1.807) is 60.8 Å². The SMILES string of the molecule is O=C(Nc1ccccc1)Nc1ccc2c(C=C(C(=O)O)c3ccccc3)c[nH]c2n1. The number of carboxylic acid groups (broad SMARTS) is 1. The van der Waals surface area contributed by atoms with Crippen LogP contribution in [0.2, 0.25) is 0 Å². The van der Waals surface area contributed by atoms with E-state index in [0.717, 1.165) is 5.39 Å². The standard InChI is InChI=1S/C23H18N4O3/c28-22(29)19(15-7-3-1-4-8-15)13-16-14-24-21-18(16)11-12-20(26-21)27-23(30)25-17-9-5-2-6-10-17/h1-14H,(H,28,29)(H3,24,25,26,27,30). The van der Waals surface area contributed by atoms with E-state index in [-0.39, 0.29) is 5.57 Å². The Kier molecular flexibility index (Phi) is 5.25. The monoisotopic (exact) mass is 398 g/mol.